The number of hydrogen-bond acceptors (Lipinski definition) is 14. The number of phenols is 2. The van der Waals surface area contributed by atoms with Crippen molar-refractivity contribution in [2.45, 2.75) is 24.4 Å². The second-order valence-electron chi connectivity index (χ2n) is 6.14. The summed E-state index contributed by atoms with van der Waals surface area (Å²) in [4.78, 5) is 21.1. The summed E-state index contributed by atoms with van der Waals surface area (Å²) in [5, 5.41) is 87.4. The predicted octanol–water partition coefficient (Wildman–Crippen LogP) is -1.72. The molecule has 0 spiro atoms. The monoisotopic (exact) mass is 462 g/mol. The average Bonchev–Trinajstić information content (AvgIpc) is 3.19. The first-order valence-electron chi connectivity index (χ1n) is 8.66. The van der Waals surface area contributed by atoms with Gasteiger partial charge in [-0.3, -0.25) is 0 Å². The molecule has 1 aromatic carbocycles. The molecular formula is C18H22O14. The summed E-state index contributed by atoms with van der Waals surface area (Å²) in [5.74, 6) is -5.22. The lowest BCUT2D eigenvalue weighted by atomic mass is 10.2. The van der Waals surface area contributed by atoms with Crippen LogP contribution in [0.15, 0.2) is 47.3 Å². The van der Waals surface area contributed by atoms with Gasteiger partial charge in [-0.25, -0.2) is 9.59 Å². The largest absolute Gasteiger partial charge is 0.508 e. The highest BCUT2D eigenvalue weighted by Crippen LogP contribution is 2.21. The molecule has 0 saturated carbocycles. The molecule has 3 rings (SSSR count). The van der Waals surface area contributed by atoms with E-state index >= 15 is 0 Å². The highest BCUT2D eigenvalue weighted by Gasteiger charge is 2.39. The van der Waals surface area contributed by atoms with Gasteiger partial charge in [0.05, 0.1) is 13.2 Å². The Labute approximate surface area is 179 Å². The van der Waals surface area contributed by atoms with Crippen LogP contribution >= 0.6 is 0 Å². The van der Waals surface area contributed by atoms with Crippen molar-refractivity contribution < 1.29 is 70.1 Å². The predicted molar refractivity (Wildman–Crippen MR) is 100 cm³/mol. The topological polar surface area (TPSA) is 255 Å². The van der Waals surface area contributed by atoms with Crippen LogP contribution in [-0.4, -0.2) is 101 Å². The SMILES string of the molecule is O=C1OC(C(O)CO)C(O)=C1O.O=C1OC(C(O)CO)C(O)=C1O.Oc1ccc(O)cc1. The molecule has 14 nitrogen and oxygen atoms in total. The summed E-state index contributed by atoms with van der Waals surface area (Å²) >= 11 is 0. The van der Waals surface area contributed by atoms with Crippen LogP contribution in [0.1, 0.15) is 0 Å². The number of aromatic hydroxyl groups is 2. The molecule has 2 aliphatic rings. The Morgan fingerprint density at radius 2 is 0.938 bits per heavy atom. The maximum Gasteiger partial charge on any atom is 0.377 e. The first-order chi connectivity index (χ1) is 14.9. The molecule has 0 saturated heterocycles. The van der Waals surface area contributed by atoms with E-state index in [4.69, 9.17) is 51.1 Å². The Kier molecular flexibility index (Phi) is 9.55. The van der Waals surface area contributed by atoms with Crippen LogP contribution in [0.25, 0.3) is 0 Å². The van der Waals surface area contributed by atoms with Crippen molar-refractivity contribution >= 4 is 11.9 Å². The number of esters is 2. The molecule has 2 aliphatic heterocycles. The standard InChI is InChI=1S/2C6H8O6.C6H6O2/c2*7-1-2(8)5-3(9)4(10)6(11)12-5;7-5-1-2-6(8)4-3-5/h2*2,5,7-10H,1H2;1-4,7-8H. The van der Waals surface area contributed by atoms with Crippen molar-refractivity contribution in [2.75, 3.05) is 13.2 Å². The van der Waals surface area contributed by atoms with E-state index in [2.05, 4.69) is 9.47 Å². The highest BCUT2D eigenvalue weighted by atomic mass is 16.6. The molecule has 10 N–H and O–H groups in total. The van der Waals surface area contributed by atoms with Crippen LogP contribution in [0, 0.1) is 0 Å². The van der Waals surface area contributed by atoms with Gasteiger partial charge in [0.1, 0.15) is 23.7 Å². The zero-order valence-corrected chi connectivity index (χ0v) is 16.1. The minimum Gasteiger partial charge on any atom is -0.508 e. The van der Waals surface area contributed by atoms with Gasteiger partial charge in [0.25, 0.3) is 0 Å². The lowest BCUT2D eigenvalue weighted by Gasteiger charge is -2.13. The summed E-state index contributed by atoms with van der Waals surface area (Å²) in [6.45, 7) is -1.34. The van der Waals surface area contributed by atoms with E-state index < -0.39 is 72.6 Å². The van der Waals surface area contributed by atoms with Crippen LogP contribution < -0.4 is 0 Å². The number of carbonyl (C=O) groups is 2. The molecule has 14 heteroatoms. The number of aliphatic hydroxyl groups is 8. The summed E-state index contributed by atoms with van der Waals surface area (Å²) in [7, 11) is 0. The second kappa shape index (κ2) is 11.6. The fourth-order valence-electron chi connectivity index (χ4n) is 2.10. The van der Waals surface area contributed by atoms with Gasteiger partial charge in [-0.1, -0.05) is 0 Å². The maximum absolute atomic E-state index is 10.5. The minimum atomic E-state index is -1.42. The van der Waals surface area contributed by atoms with E-state index in [0.717, 1.165) is 0 Å². The van der Waals surface area contributed by atoms with Crippen molar-refractivity contribution in [3.05, 3.63) is 47.3 Å². The Bertz CT molecular complexity index is 788. The van der Waals surface area contributed by atoms with Gasteiger partial charge in [-0.15, -0.1) is 0 Å². The van der Waals surface area contributed by atoms with Crippen LogP contribution in [0.2, 0.25) is 0 Å². The Hall–Kier alpha value is -3.72. The van der Waals surface area contributed by atoms with Crippen molar-refractivity contribution in [1.29, 1.82) is 0 Å². The Morgan fingerprint density at radius 1 is 0.656 bits per heavy atom. The van der Waals surface area contributed by atoms with Crippen LogP contribution in [0.3, 0.4) is 0 Å². The number of hydrogen-bond donors (Lipinski definition) is 10. The molecule has 4 atom stereocenters. The zero-order valence-electron chi connectivity index (χ0n) is 16.1. The third-order valence-corrected chi connectivity index (χ3v) is 3.80. The fraction of sp³-hybridized carbons (Fsp3) is 0.333. The van der Waals surface area contributed by atoms with Gasteiger partial charge in [0.2, 0.25) is 11.5 Å². The number of phenolic OH excluding ortho intramolecular Hbond substituents is 2. The molecule has 32 heavy (non-hydrogen) atoms. The number of rotatable bonds is 4. The van der Waals surface area contributed by atoms with E-state index in [0.29, 0.717) is 0 Å². The van der Waals surface area contributed by atoms with E-state index in [-0.39, 0.29) is 11.5 Å². The van der Waals surface area contributed by atoms with Crippen LogP contribution in [0.4, 0.5) is 0 Å². The van der Waals surface area contributed by atoms with E-state index in [1.54, 1.807) is 0 Å². The lowest BCUT2D eigenvalue weighted by molar-refractivity contribution is -0.148. The molecule has 4 unspecified atom stereocenters. The zero-order chi connectivity index (χ0) is 24.6. The molecular weight excluding hydrogens is 440 g/mol. The number of benzene rings is 1. The maximum atomic E-state index is 10.5. The summed E-state index contributed by atoms with van der Waals surface area (Å²) in [6.07, 6.45) is -5.55. The molecule has 0 bridgehead atoms. The first kappa shape index (κ1) is 26.3. The molecule has 0 radical (unpaired) electrons. The summed E-state index contributed by atoms with van der Waals surface area (Å²) in [5.41, 5.74) is 0. The Morgan fingerprint density at radius 3 is 1.12 bits per heavy atom. The Balaban J connectivity index is 0.000000245. The smallest absolute Gasteiger partial charge is 0.377 e. The number of aliphatic hydroxyl groups excluding tert-OH is 8. The van der Waals surface area contributed by atoms with Gasteiger partial charge in [-0.2, -0.15) is 0 Å². The van der Waals surface area contributed by atoms with Crippen molar-refractivity contribution in [1.82, 2.24) is 0 Å². The van der Waals surface area contributed by atoms with Gasteiger partial charge in [-0.05, 0) is 24.3 Å². The van der Waals surface area contributed by atoms with Gasteiger partial charge in [0.15, 0.2) is 23.7 Å². The average molecular weight is 462 g/mol. The third-order valence-electron chi connectivity index (χ3n) is 3.80. The number of carbonyl (C=O) groups excluding carboxylic acids is 2. The van der Waals surface area contributed by atoms with Crippen molar-refractivity contribution in [3.8, 4) is 11.5 Å². The minimum absolute atomic E-state index is 0.169. The van der Waals surface area contributed by atoms with Crippen LogP contribution in [0.5, 0.6) is 11.5 Å². The molecule has 0 aliphatic carbocycles. The van der Waals surface area contributed by atoms with Gasteiger partial charge >= 0.3 is 11.9 Å². The van der Waals surface area contributed by atoms with E-state index in [1.807, 2.05) is 0 Å². The summed E-state index contributed by atoms with van der Waals surface area (Å²) in [6, 6.07) is 5.70. The van der Waals surface area contributed by atoms with Crippen molar-refractivity contribution in [2.24, 2.45) is 0 Å². The van der Waals surface area contributed by atoms with Gasteiger partial charge < -0.3 is 60.5 Å². The number of ether oxygens (including phenoxy) is 2. The normalized spacial score (nSPS) is 21.6. The molecule has 0 aromatic heterocycles. The first-order valence-corrected chi connectivity index (χ1v) is 8.66. The molecule has 0 fully saturated rings. The van der Waals surface area contributed by atoms with Crippen molar-refractivity contribution in [3.63, 3.8) is 0 Å². The molecule has 178 valence electrons. The number of cyclic esters (lactones) is 2. The fourth-order valence-corrected chi connectivity index (χ4v) is 2.10. The quantitative estimate of drug-likeness (QED) is 0.176. The molecule has 2 heterocycles. The highest BCUT2D eigenvalue weighted by molar-refractivity contribution is 5.89. The van der Waals surface area contributed by atoms with E-state index in [1.165, 1.54) is 24.3 Å². The lowest BCUT2D eigenvalue weighted by Crippen LogP contribution is -2.31. The van der Waals surface area contributed by atoms with Gasteiger partial charge in [0, 0.05) is 0 Å². The third kappa shape index (κ3) is 6.64. The summed E-state index contributed by atoms with van der Waals surface area (Å²) < 4.78 is 8.63. The van der Waals surface area contributed by atoms with Crippen LogP contribution in [-0.2, 0) is 19.1 Å². The molecule has 1 aromatic rings. The second-order valence-corrected chi connectivity index (χ2v) is 6.14. The molecule has 0 amide bonds. The van der Waals surface area contributed by atoms with E-state index in [9.17, 15) is 9.59 Å².